The molecule has 146 valence electrons. The molecule has 2 rings (SSSR count). The molecule has 0 aliphatic rings. The first-order valence-corrected chi connectivity index (χ1v) is 9.01. The lowest BCUT2D eigenvalue weighted by Gasteiger charge is -2.17. The Hall–Kier alpha value is -3.21. The Labute approximate surface area is 165 Å². The fraction of sp³-hybridized carbons (Fsp3) is 0.261. The quantitative estimate of drug-likeness (QED) is 0.458. The molecule has 5 nitrogen and oxygen atoms in total. The van der Waals surface area contributed by atoms with E-state index in [9.17, 15) is 14.4 Å². The van der Waals surface area contributed by atoms with E-state index in [1.165, 1.54) is 6.08 Å². The van der Waals surface area contributed by atoms with E-state index in [-0.39, 0.29) is 18.3 Å². The van der Waals surface area contributed by atoms with Crippen LogP contribution in [-0.4, -0.2) is 24.3 Å². The SMILES string of the molecule is Cc1cccc(/C=C/C(=O)OCC(=O)c2ccc(NC(=O)C(C)(C)C)cc2)c1. The van der Waals surface area contributed by atoms with E-state index in [2.05, 4.69) is 5.32 Å². The molecule has 1 N–H and O–H groups in total. The van der Waals surface area contributed by atoms with Gasteiger partial charge in [0.05, 0.1) is 0 Å². The van der Waals surface area contributed by atoms with E-state index in [4.69, 9.17) is 4.74 Å². The number of rotatable bonds is 6. The van der Waals surface area contributed by atoms with Crippen molar-refractivity contribution in [1.29, 1.82) is 0 Å². The minimum absolute atomic E-state index is 0.110. The van der Waals surface area contributed by atoms with Gasteiger partial charge in [0.2, 0.25) is 5.91 Å². The highest BCUT2D eigenvalue weighted by Gasteiger charge is 2.21. The molecular weight excluding hydrogens is 354 g/mol. The highest BCUT2D eigenvalue weighted by molar-refractivity contribution is 6.00. The number of carbonyl (C=O) groups excluding carboxylic acids is 3. The number of hydrogen-bond acceptors (Lipinski definition) is 4. The summed E-state index contributed by atoms with van der Waals surface area (Å²) >= 11 is 0. The standard InChI is InChI=1S/C23H25NO4/c1-16-6-5-7-17(14-16)8-13-21(26)28-15-20(25)18-9-11-19(12-10-18)24-22(27)23(2,3)4/h5-14H,15H2,1-4H3,(H,24,27)/b13-8+. The lowest BCUT2D eigenvalue weighted by molar-refractivity contribution is -0.136. The maximum Gasteiger partial charge on any atom is 0.331 e. The van der Waals surface area contributed by atoms with E-state index < -0.39 is 11.4 Å². The first-order chi connectivity index (χ1) is 13.1. The molecule has 0 heterocycles. The van der Waals surface area contributed by atoms with Crippen molar-refractivity contribution in [3.63, 3.8) is 0 Å². The zero-order valence-electron chi connectivity index (χ0n) is 16.6. The van der Waals surface area contributed by atoms with Crippen molar-refractivity contribution in [2.45, 2.75) is 27.7 Å². The molecule has 0 saturated carbocycles. The summed E-state index contributed by atoms with van der Waals surface area (Å²) in [5, 5.41) is 2.79. The summed E-state index contributed by atoms with van der Waals surface area (Å²) in [7, 11) is 0. The van der Waals surface area contributed by atoms with E-state index in [0.29, 0.717) is 11.3 Å². The Bertz CT molecular complexity index is 890. The van der Waals surface area contributed by atoms with Crippen molar-refractivity contribution in [2.75, 3.05) is 11.9 Å². The van der Waals surface area contributed by atoms with Gasteiger partial charge in [-0.3, -0.25) is 9.59 Å². The Kier molecular flexibility index (Phi) is 6.88. The lowest BCUT2D eigenvalue weighted by Crippen LogP contribution is -2.27. The molecule has 0 radical (unpaired) electrons. The van der Waals surface area contributed by atoms with Gasteiger partial charge in [0.15, 0.2) is 12.4 Å². The third-order valence-electron chi connectivity index (χ3n) is 3.95. The van der Waals surface area contributed by atoms with Gasteiger partial charge in [-0.25, -0.2) is 4.79 Å². The van der Waals surface area contributed by atoms with E-state index in [1.54, 1.807) is 30.3 Å². The Morgan fingerprint density at radius 2 is 1.71 bits per heavy atom. The number of nitrogens with one attached hydrogen (secondary N) is 1. The van der Waals surface area contributed by atoms with Crippen molar-refractivity contribution < 1.29 is 19.1 Å². The summed E-state index contributed by atoms with van der Waals surface area (Å²) < 4.78 is 5.00. The molecule has 28 heavy (non-hydrogen) atoms. The molecule has 1 amide bonds. The fourth-order valence-electron chi connectivity index (χ4n) is 2.26. The summed E-state index contributed by atoms with van der Waals surface area (Å²) in [6.45, 7) is 7.09. The average Bonchev–Trinajstić information content (AvgIpc) is 2.64. The second kappa shape index (κ2) is 9.13. The predicted molar refractivity (Wildman–Crippen MR) is 110 cm³/mol. The summed E-state index contributed by atoms with van der Waals surface area (Å²) in [6, 6.07) is 14.2. The summed E-state index contributed by atoms with van der Waals surface area (Å²) in [5.41, 5.74) is 2.48. The first kappa shape index (κ1) is 21.1. The second-order valence-electron chi connectivity index (χ2n) is 7.56. The number of esters is 1. The molecule has 0 aliphatic carbocycles. The van der Waals surface area contributed by atoms with Crippen LogP contribution in [0.25, 0.3) is 6.08 Å². The van der Waals surface area contributed by atoms with Gasteiger partial charge in [0.1, 0.15) is 0 Å². The summed E-state index contributed by atoms with van der Waals surface area (Å²) in [6.07, 6.45) is 2.94. The normalized spacial score (nSPS) is 11.3. The maximum atomic E-state index is 12.2. The van der Waals surface area contributed by atoms with Gasteiger partial charge in [-0.15, -0.1) is 0 Å². The highest BCUT2D eigenvalue weighted by Crippen LogP contribution is 2.18. The van der Waals surface area contributed by atoms with Crippen LogP contribution in [0.2, 0.25) is 0 Å². The van der Waals surface area contributed by atoms with Crippen LogP contribution in [0.3, 0.4) is 0 Å². The second-order valence-corrected chi connectivity index (χ2v) is 7.56. The van der Waals surface area contributed by atoms with Crippen LogP contribution in [0.1, 0.15) is 42.3 Å². The molecule has 0 bridgehead atoms. The van der Waals surface area contributed by atoms with Crippen LogP contribution >= 0.6 is 0 Å². The first-order valence-electron chi connectivity index (χ1n) is 9.01. The minimum Gasteiger partial charge on any atom is -0.454 e. The molecular formula is C23H25NO4. The molecule has 2 aromatic rings. The molecule has 5 heteroatoms. The number of Topliss-reactive ketones (excluding diaryl/α,β-unsaturated/α-hetero) is 1. The zero-order valence-corrected chi connectivity index (χ0v) is 16.6. The Morgan fingerprint density at radius 3 is 2.32 bits per heavy atom. The van der Waals surface area contributed by atoms with Crippen LogP contribution in [-0.2, 0) is 14.3 Å². The van der Waals surface area contributed by atoms with Gasteiger partial charge in [-0.1, -0.05) is 50.6 Å². The van der Waals surface area contributed by atoms with Crippen LogP contribution in [0.15, 0.2) is 54.6 Å². The molecule has 0 spiro atoms. The monoisotopic (exact) mass is 379 g/mol. The fourth-order valence-corrected chi connectivity index (χ4v) is 2.26. The number of benzene rings is 2. The van der Waals surface area contributed by atoms with Gasteiger partial charge in [0.25, 0.3) is 0 Å². The van der Waals surface area contributed by atoms with E-state index >= 15 is 0 Å². The summed E-state index contributed by atoms with van der Waals surface area (Å²) in [5.74, 6) is -1.00. The summed E-state index contributed by atoms with van der Waals surface area (Å²) in [4.78, 5) is 35.9. The molecule has 0 saturated heterocycles. The van der Waals surface area contributed by atoms with Crippen LogP contribution < -0.4 is 5.32 Å². The van der Waals surface area contributed by atoms with Gasteiger partial charge in [0, 0.05) is 22.7 Å². The third-order valence-corrected chi connectivity index (χ3v) is 3.95. The Balaban J connectivity index is 1.87. The molecule has 0 aliphatic heterocycles. The number of hydrogen-bond donors (Lipinski definition) is 1. The van der Waals surface area contributed by atoms with Crippen molar-refractivity contribution >= 4 is 29.4 Å². The number of aryl methyl sites for hydroxylation is 1. The molecule has 0 fully saturated rings. The Morgan fingerprint density at radius 1 is 1.04 bits per heavy atom. The third kappa shape index (κ3) is 6.50. The molecule has 2 aromatic carbocycles. The van der Waals surface area contributed by atoms with Crippen molar-refractivity contribution in [3.05, 3.63) is 71.3 Å². The van der Waals surface area contributed by atoms with Gasteiger partial charge in [-0.2, -0.15) is 0 Å². The van der Waals surface area contributed by atoms with E-state index in [1.807, 2.05) is 52.0 Å². The predicted octanol–water partition coefficient (Wildman–Crippen LogP) is 4.42. The van der Waals surface area contributed by atoms with Crippen molar-refractivity contribution in [1.82, 2.24) is 0 Å². The number of ketones is 1. The zero-order chi connectivity index (χ0) is 20.7. The van der Waals surface area contributed by atoms with Crippen molar-refractivity contribution in [3.8, 4) is 0 Å². The highest BCUT2D eigenvalue weighted by atomic mass is 16.5. The van der Waals surface area contributed by atoms with Gasteiger partial charge in [-0.05, 0) is 42.8 Å². The number of carbonyl (C=O) groups is 3. The average molecular weight is 379 g/mol. The van der Waals surface area contributed by atoms with Crippen LogP contribution in [0.4, 0.5) is 5.69 Å². The molecule has 0 unspecified atom stereocenters. The number of ether oxygens (including phenoxy) is 1. The number of amides is 1. The molecule has 0 aromatic heterocycles. The van der Waals surface area contributed by atoms with Crippen LogP contribution in [0, 0.1) is 12.3 Å². The van der Waals surface area contributed by atoms with Crippen LogP contribution in [0.5, 0.6) is 0 Å². The smallest absolute Gasteiger partial charge is 0.331 e. The minimum atomic E-state index is -0.580. The maximum absolute atomic E-state index is 12.2. The largest absolute Gasteiger partial charge is 0.454 e. The number of anilines is 1. The van der Waals surface area contributed by atoms with E-state index in [0.717, 1.165) is 11.1 Å². The van der Waals surface area contributed by atoms with Gasteiger partial charge < -0.3 is 10.1 Å². The molecule has 0 atom stereocenters. The van der Waals surface area contributed by atoms with Crippen molar-refractivity contribution in [2.24, 2.45) is 5.41 Å². The lowest BCUT2D eigenvalue weighted by atomic mass is 9.95. The topological polar surface area (TPSA) is 72.5 Å². The van der Waals surface area contributed by atoms with Gasteiger partial charge >= 0.3 is 5.97 Å².